The number of nitrogens with zero attached hydrogens (tertiary/aromatic N) is 2. The lowest BCUT2D eigenvalue weighted by molar-refractivity contribution is 0.146. The van der Waals surface area contributed by atoms with E-state index in [1.54, 1.807) is 13.3 Å². The highest BCUT2D eigenvalue weighted by molar-refractivity contribution is 5.91. The predicted octanol–water partition coefficient (Wildman–Crippen LogP) is 3.59. The minimum atomic E-state index is -0.292. The second kappa shape index (κ2) is 10.3. The maximum Gasteiger partial charge on any atom is 0.319 e. The third-order valence-electron chi connectivity index (χ3n) is 4.38. The third kappa shape index (κ3) is 6.08. The molecule has 7 nitrogen and oxygen atoms in total. The van der Waals surface area contributed by atoms with Gasteiger partial charge >= 0.3 is 6.03 Å². The Kier molecular flexibility index (Phi) is 7.24. The third-order valence-corrected chi connectivity index (χ3v) is 4.38. The van der Waals surface area contributed by atoms with Crippen LogP contribution in [-0.4, -0.2) is 36.1 Å². The molecule has 0 fully saturated rings. The maximum atomic E-state index is 12.5. The lowest BCUT2D eigenvalue weighted by Crippen LogP contribution is -2.29. The molecule has 1 aromatic heterocycles. The molecule has 0 bridgehead atoms. The molecule has 3 rings (SSSR count). The molecule has 7 heteroatoms. The molecule has 2 amide bonds. The lowest BCUT2D eigenvalue weighted by Gasteiger charge is -2.15. The minimum Gasteiger partial charge on any atom is -0.489 e. The smallest absolute Gasteiger partial charge is 0.319 e. The van der Waals surface area contributed by atoms with Crippen LogP contribution in [-0.2, 0) is 17.8 Å². The van der Waals surface area contributed by atoms with Gasteiger partial charge in [-0.05, 0) is 41.8 Å². The maximum absolute atomic E-state index is 12.5. The van der Waals surface area contributed by atoms with Crippen molar-refractivity contribution in [3.63, 3.8) is 0 Å². The van der Waals surface area contributed by atoms with Crippen LogP contribution < -0.4 is 15.4 Å². The first-order chi connectivity index (χ1) is 14.2. The van der Waals surface area contributed by atoms with Crippen molar-refractivity contribution in [2.75, 3.05) is 25.6 Å². The van der Waals surface area contributed by atoms with Crippen molar-refractivity contribution in [1.82, 2.24) is 15.1 Å². The number of nitrogens with one attached hydrogen (secondary N) is 2. The summed E-state index contributed by atoms with van der Waals surface area (Å²) in [7, 11) is 1.62. The summed E-state index contributed by atoms with van der Waals surface area (Å²) in [6.45, 7) is 3.93. The molecule has 0 unspecified atom stereocenters. The molecule has 2 N–H and O–H groups in total. The molecule has 0 aliphatic rings. The Morgan fingerprint density at radius 2 is 1.93 bits per heavy atom. The fourth-order valence-electron chi connectivity index (χ4n) is 2.88. The van der Waals surface area contributed by atoms with Crippen LogP contribution in [0.3, 0.4) is 0 Å². The van der Waals surface area contributed by atoms with Gasteiger partial charge in [0.15, 0.2) is 0 Å². The number of methoxy groups -OCH3 is 1. The van der Waals surface area contributed by atoms with Gasteiger partial charge in [-0.1, -0.05) is 30.3 Å². The molecule has 0 radical (unpaired) electrons. The average molecular weight is 394 g/mol. The molecule has 0 saturated carbocycles. The van der Waals surface area contributed by atoms with Crippen molar-refractivity contribution in [2.24, 2.45) is 0 Å². The summed E-state index contributed by atoms with van der Waals surface area (Å²) in [6.07, 6.45) is 3.67. The number of hydrogen-bond acceptors (Lipinski definition) is 4. The van der Waals surface area contributed by atoms with Crippen LogP contribution in [0.2, 0.25) is 0 Å². The number of anilines is 1. The number of carbonyl (C=O) groups excluding carboxylic acids is 1. The number of rotatable bonds is 9. The summed E-state index contributed by atoms with van der Waals surface area (Å²) in [5.74, 6) is 0.622. The second-order valence-corrected chi connectivity index (χ2v) is 6.62. The van der Waals surface area contributed by atoms with E-state index in [2.05, 4.69) is 15.7 Å². The molecule has 0 aliphatic carbocycles. The SMILES string of the molecule is COCCOc1cc(C)ccc1NC(=O)NCc1ccccc1Cn1cccn1. The van der Waals surface area contributed by atoms with E-state index < -0.39 is 0 Å². The summed E-state index contributed by atoms with van der Waals surface area (Å²) < 4.78 is 12.6. The van der Waals surface area contributed by atoms with Crippen molar-refractivity contribution in [3.05, 3.63) is 77.6 Å². The molecule has 3 aromatic rings. The Labute approximate surface area is 170 Å². The fourth-order valence-corrected chi connectivity index (χ4v) is 2.88. The number of ether oxygens (including phenoxy) is 2. The number of benzene rings is 2. The average Bonchev–Trinajstić information content (AvgIpc) is 3.22. The predicted molar refractivity (Wildman–Crippen MR) is 112 cm³/mol. The summed E-state index contributed by atoms with van der Waals surface area (Å²) in [5, 5.41) is 10.0. The summed E-state index contributed by atoms with van der Waals surface area (Å²) in [4.78, 5) is 12.5. The molecule has 2 aromatic carbocycles. The van der Waals surface area contributed by atoms with Crippen molar-refractivity contribution >= 4 is 11.7 Å². The molecule has 0 spiro atoms. The number of aromatic nitrogens is 2. The van der Waals surface area contributed by atoms with Gasteiger partial charge in [-0.3, -0.25) is 4.68 Å². The molecule has 152 valence electrons. The molecule has 29 heavy (non-hydrogen) atoms. The zero-order valence-corrected chi connectivity index (χ0v) is 16.7. The van der Waals surface area contributed by atoms with Crippen molar-refractivity contribution in [1.29, 1.82) is 0 Å². The van der Waals surface area contributed by atoms with Gasteiger partial charge in [0.2, 0.25) is 0 Å². The number of hydrogen-bond donors (Lipinski definition) is 2. The van der Waals surface area contributed by atoms with Crippen molar-refractivity contribution < 1.29 is 14.3 Å². The highest BCUT2D eigenvalue weighted by Crippen LogP contribution is 2.25. The zero-order valence-electron chi connectivity index (χ0n) is 16.7. The minimum absolute atomic E-state index is 0.292. The number of carbonyl (C=O) groups is 1. The van der Waals surface area contributed by atoms with Gasteiger partial charge < -0.3 is 20.1 Å². The lowest BCUT2D eigenvalue weighted by atomic mass is 10.1. The van der Waals surface area contributed by atoms with Gasteiger partial charge in [0, 0.05) is 26.0 Å². The highest BCUT2D eigenvalue weighted by atomic mass is 16.5. The molecular weight excluding hydrogens is 368 g/mol. The van der Waals surface area contributed by atoms with Crippen LogP contribution in [0.25, 0.3) is 0 Å². The van der Waals surface area contributed by atoms with E-state index >= 15 is 0 Å². The standard InChI is InChI=1S/C22H26N4O3/c1-17-8-9-20(21(14-17)29-13-12-28-2)25-22(27)23-15-18-6-3-4-7-19(18)16-26-11-5-10-24-26/h3-11,14H,12-13,15-16H2,1-2H3,(H2,23,25,27). The normalized spacial score (nSPS) is 10.6. The molecule has 0 saturated heterocycles. The molecule has 0 aliphatic heterocycles. The second-order valence-electron chi connectivity index (χ2n) is 6.62. The topological polar surface area (TPSA) is 77.4 Å². The van der Waals surface area contributed by atoms with Crippen LogP contribution in [0.15, 0.2) is 60.9 Å². The van der Waals surface area contributed by atoms with Crippen molar-refractivity contribution in [3.8, 4) is 5.75 Å². The first-order valence-electron chi connectivity index (χ1n) is 9.47. The van der Waals surface area contributed by atoms with Crippen LogP contribution in [0.4, 0.5) is 10.5 Å². The monoisotopic (exact) mass is 394 g/mol. The van der Waals surface area contributed by atoms with E-state index in [1.165, 1.54) is 0 Å². The van der Waals surface area contributed by atoms with Crippen LogP contribution >= 0.6 is 0 Å². The molecule has 1 heterocycles. The Hall–Kier alpha value is -3.32. The summed E-state index contributed by atoms with van der Waals surface area (Å²) >= 11 is 0. The van der Waals surface area contributed by atoms with Gasteiger partial charge in [0.1, 0.15) is 12.4 Å². The van der Waals surface area contributed by atoms with Gasteiger partial charge in [0.25, 0.3) is 0 Å². The Bertz CT molecular complexity index is 926. The Balaban J connectivity index is 1.61. The van der Waals surface area contributed by atoms with E-state index in [4.69, 9.17) is 9.47 Å². The van der Waals surface area contributed by atoms with E-state index in [-0.39, 0.29) is 6.03 Å². The first-order valence-corrected chi connectivity index (χ1v) is 9.47. The number of urea groups is 1. The van der Waals surface area contributed by atoms with E-state index in [1.807, 2.05) is 66.3 Å². The zero-order chi connectivity index (χ0) is 20.5. The largest absolute Gasteiger partial charge is 0.489 e. The first kappa shape index (κ1) is 20.4. The molecular formula is C22H26N4O3. The fraction of sp³-hybridized carbons (Fsp3) is 0.273. The quantitative estimate of drug-likeness (QED) is 0.544. The Morgan fingerprint density at radius 1 is 1.10 bits per heavy atom. The Morgan fingerprint density at radius 3 is 2.69 bits per heavy atom. The summed E-state index contributed by atoms with van der Waals surface area (Å²) in [6, 6.07) is 15.2. The van der Waals surface area contributed by atoms with Gasteiger partial charge in [-0.25, -0.2) is 4.79 Å². The van der Waals surface area contributed by atoms with E-state index in [0.717, 1.165) is 16.7 Å². The van der Waals surface area contributed by atoms with E-state index in [9.17, 15) is 4.79 Å². The van der Waals surface area contributed by atoms with E-state index in [0.29, 0.717) is 37.7 Å². The molecule has 0 atom stereocenters. The van der Waals surface area contributed by atoms with Gasteiger partial charge in [-0.15, -0.1) is 0 Å². The highest BCUT2D eigenvalue weighted by Gasteiger charge is 2.10. The number of aryl methyl sites for hydroxylation is 1. The van der Waals surface area contributed by atoms with Crippen molar-refractivity contribution in [2.45, 2.75) is 20.0 Å². The van der Waals surface area contributed by atoms with Gasteiger partial charge in [0.05, 0.1) is 18.8 Å². The van der Waals surface area contributed by atoms with Crippen LogP contribution in [0, 0.1) is 6.92 Å². The summed E-state index contributed by atoms with van der Waals surface area (Å²) in [5.41, 5.74) is 3.82. The number of amides is 2. The van der Waals surface area contributed by atoms with Crippen LogP contribution in [0.1, 0.15) is 16.7 Å². The van der Waals surface area contributed by atoms with Gasteiger partial charge in [-0.2, -0.15) is 5.10 Å². The van der Waals surface area contributed by atoms with Crippen LogP contribution in [0.5, 0.6) is 5.75 Å².